The summed E-state index contributed by atoms with van der Waals surface area (Å²) < 4.78 is 0. The van der Waals surface area contributed by atoms with Crippen LogP contribution < -0.4 is 11.1 Å². The fraction of sp³-hybridized carbons (Fsp3) is 0.462. The van der Waals surface area contributed by atoms with E-state index in [1.807, 2.05) is 39.0 Å². The summed E-state index contributed by atoms with van der Waals surface area (Å²) in [5.41, 5.74) is 8.83. The van der Waals surface area contributed by atoms with Gasteiger partial charge in [-0.2, -0.15) is 11.8 Å². The van der Waals surface area contributed by atoms with Crippen molar-refractivity contribution in [2.75, 3.05) is 16.8 Å². The fourth-order valence-corrected chi connectivity index (χ4v) is 2.16. The lowest BCUT2D eigenvalue weighted by atomic mass is 10.1. The number of nitrogens with two attached hydrogens (primary N) is 1. The lowest BCUT2D eigenvalue weighted by Gasteiger charge is -2.10. The molecule has 1 atom stereocenters. The first-order valence-corrected chi connectivity index (χ1v) is 6.85. The van der Waals surface area contributed by atoms with Crippen LogP contribution in [0.5, 0.6) is 0 Å². The van der Waals surface area contributed by atoms with Gasteiger partial charge in [0.2, 0.25) is 5.91 Å². The van der Waals surface area contributed by atoms with E-state index in [0.29, 0.717) is 5.75 Å². The Balaban J connectivity index is 2.48. The Morgan fingerprint density at radius 2 is 2.18 bits per heavy atom. The Morgan fingerprint density at radius 1 is 1.47 bits per heavy atom. The summed E-state index contributed by atoms with van der Waals surface area (Å²) in [7, 11) is 0. The van der Waals surface area contributed by atoms with Gasteiger partial charge in [0, 0.05) is 17.5 Å². The molecule has 1 rings (SSSR count). The van der Waals surface area contributed by atoms with Crippen molar-refractivity contribution in [3.05, 3.63) is 29.3 Å². The van der Waals surface area contributed by atoms with E-state index in [2.05, 4.69) is 5.32 Å². The highest BCUT2D eigenvalue weighted by Gasteiger charge is 2.06. The van der Waals surface area contributed by atoms with Gasteiger partial charge < -0.3 is 11.1 Å². The quantitative estimate of drug-likeness (QED) is 0.845. The van der Waals surface area contributed by atoms with Gasteiger partial charge in [0.05, 0.1) is 5.75 Å². The van der Waals surface area contributed by atoms with Gasteiger partial charge >= 0.3 is 0 Å². The van der Waals surface area contributed by atoms with Crippen molar-refractivity contribution in [2.45, 2.75) is 26.8 Å². The molecule has 1 amide bonds. The largest absolute Gasteiger partial charge is 0.327 e. The minimum atomic E-state index is 0.0318. The molecule has 0 bridgehead atoms. The van der Waals surface area contributed by atoms with Gasteiger partial charge in [0.25, 0.3) is 0 Å². The number of aryl methyl sites for hydroxylation is 1. The number of carbonyl (C=O) groups excluding carboxylic acids is 1. The average Bonchev–Trinajstić information content (AvgIpc) is 2.24. The third-order valence-electron chi connectivity index (χ3n) is 2.49. The van der Waals surface area contributed by atoms with Crippen LogP contribution in [-0.4, -0.2) is 23.5 Å². The lowest BCUT2D eigenvalue weighted by molar-refractivity contribution is -0.113. The van der Waals surface area contributed by atoms with Crippen LogP contribution in [0.4, 0.5) is 5.69 Å². The van der Waals surface area contributed by atoms with Gasteiger partial charge in [-0.05, 0) is 38.0 Å². The second-order valence-corrected chi connectivity index (χ2v) is 5.32. The predicted octanol–water partition coefficient (Wildman–Crippen LogP) is 2.32. The highest BCUT2D eigenvalue weighted by Crippen LogP contribution is 2.18. The number of hydrogen-bond acceptors (Lipinski definition) is 3. The van der Waals surface area contributed by atoms with Crippen LogP contribution in [0.25, 0.3) is 0 Å². The van der Waals surface area contributed by atoms with Crippen molar-refractivity contribution in [3.63, 3.8) is 0 Å². The molecule has 0 aliphatic carbocycles. The molecule has 0 radical (unpaired) electrons. The van der Waals surface area contributed by atoms with Crippen LogP contribution in [0.15, 0.2) is 18.2 Å². The first-order valence-electron chi connectivity index (χ1n) is 5.70. The molecular weight excluding hydrogens is 232 g/mol. The fourth-order valence-electron chi connectivity index (χ4n) is 1.41. The Bertz CT molecular complexity index is 391. The average molecular weight is 252 g/mol. The number of carbonyl (C=O) groups is 1. The SMILES string of the molecule is Cc1cccc(NC(=O)CSCC(C)N)c1C. The highest BCUT2D eigenvalue weighted by molar-refractivity contribution is 8.00. The standard InChI is InChI=1S/C13H20N2OS/c1-9-5-4-6-12(11(9)3)15-13(16)8-17-7-10(2)14/h4-6,10H,7-8,14H2,1-3H3,(H,15,16). The molecule has 1 aromatic carbocycles. The summed E-state index contributed by atoms with van der Waals surface area (Å²) in [6.45, 7) is 5.99. The van der Waals surface area contributed by atoms with Crippen molar-refractivity contribution in [1.29, 1.82) is 0 Å². The number of hydrogen-bond donors (Lipinski definition) is 2. The van der Waals surface area contributed by atoms with Gasteiger partial charge in [-0.25, -0.2) is 0 Å². The van der Waals surface area contributed by atoms with E-state index in [-0.39, 0.29) is 11.9 Å². The van der Waals surface area contributed by atoms with Gasteiger partial charge in [-0.15, -0.1) is 0 Å². The van der Waals surface area contributed by atoms with Gasteiger partial charge in [0.15, 0.2) is 0 Å². The Morgan fingerprint density at radius 3 is 2.82 bits per heavy atom. The second-order valence-electron chi connectivity index (χ2n) is 4.29. The van der Waals surface area contributed by atoms with E-state index >= 15 is 0 Å². The molecule has 1 aromatic rings. The van der Waals surface area contributed by atoms with Crippen LogP contribution in [0.1, 0.15) is 18.1 Å². The summed E-state index contributed by atoms with van der Waals surface area (Å²) in [6.07, 6.45) is 0. The first-order chi connectivity index (χ1) is 8.00. The van der Waals surface area contributed by atoms with Gasteiger partial charge in [-0.3, -0.25) is 4.79 Å². The van der Waals surface area contributed by atoms with Gasteiger partial charge in [0.1, 0.15) is 0 Å². The molecule has 1 unspecified atom stereocenters. The van der Waals surface area contributed by atoms with Crippen LogP contribution >= 0.6 is 11.8 Å². The summed E-state index contributed by atoms with van der Waals surface area (Å²) >= 11 is 1.56. The number of nitrogens with one attached hydrogen (secondary N) is 1. The molecule has 0 aliphatic rings. The Kier molecular flexibility index (Phi) is 5.51. The Labute approximate surface area is 107 Å². The number of rotatable bonds is 5. The zero-order valence-corrected chi connectivity index (χ0v) is 11.4. The summed E-state index contributed by atoms with van der Waals surface area (Å²) in [5.74, 6) is 1.29. The summed E-state index contributed by atoms with van der Waals surface area (Å²) in [4.78, 5) is 11.7. The summed E-state index contributed by atoms with van der Waals surface area (Å²) in [5, 5.41) is 2.92. The van der Waals surface area contributed by atoms with E-state index in [1.54, 1.807) is 11.8 Å². The second kappa shape index (κ2) is 6.67. The van der Waals surface area contributed by atoms with Crippen molar-refractivity contribution < 1.29 is 4.79 Å². The molecule has 0 fully saturated rings. The highest BCUT2D eigenvalue weighted by atomic mass is 32.2. The number of amides is 1. The number of benzene rings is 1. The molecule has 0 heterocycles. The maximum absolute atomic E-state index is 11.7. The molecule has 0 spiro atoms. The monoisotopic (exact) mass is 252 g/mol. The number of anilines is 1. The van der Waals surface area contributed by atoms with E-state index in [4.69, 9.17) is 5.73 Å². The molecule has 0 aliphatic heterocycles. The molecular formula is C13H20N2OS. The van der Waals surface area contributed by atoms with Crippen LogP contribution in [-0.2, 0) is 4.79 Å². The van der Waals surface area contributed by atoms with E-state index in [0.717, 1.165) is 17.0 Å². The van der Waals surface area contributed by atoms with Crippen LogP contribution in [0.2, 0.25) is 0 Å². The summed E-state index contributed by atoms with van der Waals surface area (Å²) in [6, 6.07) is 6.05. The third kappa shape index (κ3) is 4.79. The smallest absolute Gasteiger partial charge is 0.234 e. The van der Waals surface area contributed by atoms with Crippen molar-refractivity contribution in [1.82, 2.24) is 0 Å². The molecule has 4 heteroatoms. The normalized spacial score (nSPS) is 12.2. The minimum absolute atomic E-state index is 0.0318. The minimum Gasteiger partial charge on any atom is -0.327 e. The molecule has 94 valence electrons. The molecule has 0 aromatic heterocycles. The van der Waals surface area contributed by atoms with Crippen LogP contribution in [0, 0.1) is 13.8 Å². The van der Waals surface area contributed by atoms with Crippen LogP contribution in [0.3, 0.4) is 0 Å². The molecule has 3 N–H and O–H groups in total. The maximum atomic E-state index is 11.7. The zero-order chi connectivity index (χ0) is 12.8. The first kappa shape index (κ1) is 14.1. The predicted molar refractivity (Wildman–Crippen MR) is 75.5 cm³/mol. The molecule has 17 heavy (non-hydrogen) atoms. The maximum Gasteiger partial charge on any atom is 0.234 e. The lowest BCUT2D eigenvalue weighted by Crippen LogP contribution is -2.20. The van der Waals surface area contributed by atoms with Crippen molar-refractivity contribution in [2.24, 2.45) is 5.73 Å². The number of thioether (sulfide) groups is 1. The van der Waals surface area contributed by atoms with E-state index in [1.165, 1.54) is 5.56 Å². The molecule has 3 nitrogen and oxygen atoms in total. The van der Waals surface area contributed by atoms with Gasteiger partial charge in [-0.1, -0.05) is 12.1 Å². The molecule has 0 saturated carbocycles. The third-order valence-corrected chi connectivity index (χ3v) is 3.72. The zero-order valence-electron chi connectivity index (χ0n) is 10.6. The van der Waals surface area contributed by atoms with Crippen molar-refractivity contribution >= 4 is 23.4 Å². The van der Waals surface area contributed by atoms with E-state index in [9.17, 15) is 4.79 Å². The topological polar surface area (TPSA) is 55.1 Å². The van der Waals surface area contributed by atoms with E-state index < -0.39 is 0 Å². The van der Waals surface area contributed by atoms with Crippen molar-refractivity contribution in [3.8, 4) is 0 Å². The molecule has 0 saturated heterocycles. The Hall–Kier alpha value is -1.00.